The number of nitrogens with two attached hydrogens (primary N) is 1. The Labute approximate surface area is 170 Å². The van der Waals surface area contributed by atoms with Gasteiger partial charge < -0.3 is 10.5 Å². The zero-order valence-corrected chi connectivity index (χ0v) is 16.3. The molecule has 9 heteroatoms. The predicted molar refractivity (Wildman–Crippen MR) is 108 cm³/mol. The zero-order chi connectivity index (χ0) is 19.8. The Morgan fingerprint density at radius 1 is 1.14 bits per heavy atom. The van der Waals surface area contributed by atoms with E-state index in [1.807, 2.05) is 42.5 Å². The van der Waals surface area contributed by atoms with Gasteiger partial charge in [0.1, 0.15) is 5.03 Å². The molecule has 1 aliphatic heterocycles. The third-order valence-electron chi connectivity index (χ3n) is 5.39. The van der Waals surface area contributed by atoms with Gasteiger partial charge in [0, 0.05) is 23.5 Å². The zero-order valence-electron chi connectivity index (χ0n) is 15.5. The third kappa shape index (κ3) is 3.12. The number of carbonyl (C=O) groups excluding carboxylic acids is 1. The van der Waals surface area contributed by atoms with Crippen molar-refractivity contribution < 1.29 is 9.53 Å². The van der Waals surface area contributed by atoms with E-state index in [0.29, 0.717) is 31.7 Å². The predicted octanol–water partition coefficient (Wildman–Crippen LogP) is 2.36. The van der Waals surface area contributed by atoms with Crippen LogP contribution in [0.2, 0.25) is 0 Å². The van der Waals surface area contributed by atoms with Crippen LogP contribution in [0.5, 0.6) is 0 Å². The summed E-state index contributed by atoms with van der Waals surface area (Å²) in [7, 11) is 0. The van der Waals surface area contributed by atoms with Crippen molar-refractivity contribution in [1.82, 2.24) is 25.0 Å². The lowest BCUT2D eigenvalue weighted by atomic mass is 9.76. The second-order valence-electron chi connectivity index (χ2n) is 7.02. The van der Waals surface area contributed by atoms with Crippen LogP contribution < -0.4 is 5.73 Å². The van der Waals surface area contributed by atoms with Gasteiger partial charge in [-0.05, 0) is 65.7 Å². The molecule has 8 nitrogen and oxygen atoms in total. The summed E-state index contributed by atoms with van der Waals surface area (Å²) < 4.78 is 7.14. The normalized spacial score (nSPS) is 16.3. The summed E-state index contributed by atoms with van der Waals surface area (Å²) in [5, 5.41) is 13.6. The second kappa shape index (κ2) is 7.09. The second-order valence-corrected chi connectivity index (χ2v) is 8.12. The van der Waals surface area contributed by atoms with Gasteiger partial charge in [-0.25, -0.2) is 4.98 Å². The number of benzene rings is 1. The Morgan fingerprint density at radius 3 is 2.83 bits per heavy atom. The Balaban J connectivity index is 1.48. The molecule has 0 bridgehead atoms. The molecule has 0 atom stereocenters. The molecule has 0 radical (unpaired) electrons. The van der Waals surface area contributed by atoms with Crippen LogP contribution in [0.4, 0.5) is 0 Å². The summed E-state index contributed by atoms with van der Waals surface area (Å²) in [6.45, 7) is 1.02. The van der Waals surface area contributed by atoms with Crippen molar-refractivity contribution in [3.8, 4) is 0 Å². The van der Waals surface area contributed by atoms with E-state index >= 15 is 0 Å². The van der Waals surface area contributed by atoms with E-state index in [1.54, 1.807) is 16.3 Å². The Hall–Kier alpha value is -3.04. The molecule has 1 amide bonds. The number of aromatic nitrogens is 5. The van der Waals surface area contributed by atoms with Crippen LogP contribution >= 0.6 is 11.8 Å². The number of rotatable bonds is 4. The van der Waals surface area contributed by atoms with Gasteiger partial charge in [-0.15, -0.1) is 5.10 Å². The average molecular weight is 406 g/mol. The first kappa shape index (κ1) is 18.0. The molecule has 0 spiro atoms. The first-order valence-corrected chi connectivity index (χ1v) is 10.1. The van der Waals surface area contributed by atoms with Crippen LogP contribution in [0.15, 0.2) is 58.5 Å². The molecular formula is C20H18N6O2S. The highest BCUT2D eigenvalue weighted by molar-refractivity contribution is 7.99. The van der Waals surface area contributed by atoms with Crippen LogP contribution in [0.3, 0.4) is 0 Å². The lowest BCUT2D eigenvalue weighted by Crippen LogP contribution is -2.46. The number of carbonyl (C=O) groups is 1. The highest BCUT2D eigenvalue weighted by Crippen LogP contribution is 2.36. The van der Waals surface area contributed by atoms with Crippen LogP contribution in [0.1, 0.15) is 18.5 Å². The number of fused-ring (bicyclic) bond motifs is 3. The number of primary amides is 1. The number of hydrogen-bond acceptors (Lipinski definition) is 7. The molecule has 1 fully saturated rings. The SMILES string of the molecule is NC(=O)C1(c2cccc(Sc3ccc4c(ccc5nnnn54)c3)n2)CCOCC1. The van der Waals surface area contributed by atoms with E-state index in [2.05, 4.69) is 21.6 Å². The number of hydrogen-bond donors (Lipinski definition) is 1. The van der Waals surface area contributed by atoms with Gasteiger partial charge in [0.15, 0.2) is 5.65 Å². The maximum absolute atomic E-state index is 12.3. The van der Waals surface area contributed by atoms with E-state index in [0.717, 1.165) is 26.5 Å². The molecule has 146 valence electrons. The monoisotopic (exact) mass is 406 g/mol. The molecule has 0 aliphatic carbocycles. The minimum atomic E-state index is -0.760. The van der Waals surface area contributed by atoms with Crippen molar-refractivity contribution >= 4 is 34.2 Å². The van der Waals surface area contributed by atoms with Crippen molar-refractivity contribution in [2.75, 3.05) is 13.2 Å². The molecule has 0 saturated carbocycles. The molecule has 2 N–H and O–H groups in total. The summed E-state index contributed by atoms with van der Waals surface area (Å²) in [6.07, 6.45) is 1.11. The molecule has 1 saturated heterocycles. The van der Waals surface area contributed by atoms with Crippen LogP contribution in [0, 0.1) is 0 Å². The lowest BCUT2D eigenvalue weighted by molar-refractivity contribution is -0.127. The van der Waals surface area contributed by atoms with E-state index in [9.17, 15) is 4.79 Å². The Bertz CT molecular complexity index is 1220. The van der Waals surface area contributed by atoms with Gasteiger partial charge >= 0.3 is 0 Å². The number of tetrazole rings is 1. The molecule has 3 aromatic heterocycles. The Morgan fingerprint density at radius 2 is 2.00 bits per heavy atom. The summed E-state index contributed by atoms with van der Waals surface area (Å²) in [5.74, 6) is -0.341. The minimum absolute atomic E-state index is 0.341. The molecule has 4 aromatic rings. The molecule has 0 unspecified atom stereocenters. The first-order chi connectivity index (χ1) is 14.2. The van der Waals surface area contributed by atoms with Crippen molar-refractivity contribution in [2.24, 2.45) is 5.73 Å². The average Bonchev–Trinajstić information content (AvgIpc) is 3.23. The quantitative estimate of drug-likeness (QED) is 0.554. The number of ether oxygens (including phenoxy) is 1. The highest BCUT2D eigenvalue weighted by atomic mass is 32.2. The smallest absolute Gasteiger partial charge is 0.229 e. The molecular weight excluding hydrogens is 388 g/mol. The standard InChI is InChI=1S/C20H18N6O2S/c21-19(27)20(8-10-28-11-9-20)16-2-1-3-18(22-16)29-14-5-6-15-13(12-14)4-7-17-23-24-25-26(15)17/h1-7,12H,8-11H2,(H2,21,27). The van der Waals surface area contributed by atoms with Crippen molar-refractivity contribution in [1.29, 1.82) is 0 Å². The molecule has 1 aliphatic rings. The third-order valence-corrected chi connectivity index (χ3v) is 6.31. The van der Waals surface area contributed by atoms with E-state index < -0.39 is 5.41 Å². The highest BCUT2D eigenvalue weighted by Gasteiger charge is 2.41. The fourth-order valence-corrected chi connectivity index (χ4v) is 4.62. The van der Waals surface area contributed by atoms with Gasteiger partial charge in [-0.1, -0.05) is 17.8 Å². The number of nitrogens with zero attached hydrogens (tertiary/aromatic N) is 5. The number of amides is 1. The fraction of sp³-hybridized carbons (Fsp3) is 0.250. The maximum Gasteiger partial charge on any atom is 0.229 e. The molecule has 5 rings (SSSR count). The van der Waals surface area contributed by atoms with Gasteiger partial charge in [-0.2, -0.15) is 4.52 Å². The van der Waals surface area contributed by atoms with E-state index in [-0.39, 0.29) is 5.91 Å². The van der Waals surface area contributed by atoms with Gasteiger partial charge in [-0.3, -0.25) is 4.79 Å². The summed E-state index contributed by atoms with van der Waals surface area (Å²) in [6, 6.07) is 15.7. The van der Waals surface area contributed by atoms with Gasteiger partial charge in [0.2, 0.25) is 5.91 Å². The van der Waals surface area contributed by atoms with Crippen LogP contribution in [0.25, 0.3) is 16.6 Å². The van der Waals surface area contributed by atoms with Crippen LogP contribution in [-0.4, -0.2) is 44.1 Å². The van der Waals surface area contributed by atoms with Crippen molar-refractivity contribution in [2.45, 2.75) is 28.2 Å². The van der Waals surface area contributed by atoms with Gasteiger partial charge in [0.05, 0.1) is 16.6 Å². The summed E-state index contributed by atoms with van der Waals surface area (Å²) in [5.41, 5.74) is 7.38. The number of pyridine rings is 2. The summed E-state index contributed by atoms with van der Waals surface area (Å²) in [4.78, 5) is 18.1. The maximum atomic E-state index is 12.3. The van der Waals surface area contributed by atoms with Crippen molar-refractivity contribution in [3.05, 3.63) is 54.2 Å². The van der Waals surface area contributed by atoms with Gasteiger partial charge in [0.25, 0.3) is 0 Å². The first-order valence-electron chi connectivity index (χ1n) is 9.30. The fourth-order valence-electron chi connectivity index (χ4n) is 3.76. The van der Waals surface area contributed by atoms with E-state index in [1.165, 1.54) is 0 Å². The van der Waals surface area contributed by atoms with Crippen LogP contribution in [-0.2, 0) is 14.9 Å². The lowest BCUT2D eigenvalue weighted by Gasteiger charge is -2.33. The Kier molecular flexibility index (Phi) is 4.40. The minimum Gasteiger partial charge on any atom is -0.381 e. The molecule has 4 heterocycles. The molecule has 29 heavy (non-hydrogen) atoms. The van der Waals surface area contributed by atoms with E-state index in [4.69, 9.17) is 15.5 Å². The molecule has 1 aromatic carbocycles. The largest absolute Gasteiger partial charge is 0.381 e. The van der Waals surface area contributed by atoms with Crippen molar-refractivity contribution in [3.63, 3.8) is 0 Å². The topological polar surface area (TPSA) is 108 Å². The summed E-state index contributed by atoms with van der Waals surface area (Å²) >= 11 is 1.54.